The van der Waals surface area contributed by atoms with Gasteiger partial charge in [-0.05, 0) is 37.8 Å². The van der Waals surface area contributed by atoms with Gasteiger partial charge in [0.05, 0.1) is 11.0 Å². The molecule has 0 aliphatic carbocycles. The SMILES string of the molecule is C=CCn1cc(/C=C2/SC(=O)N(CC(=O)OC(C)C)C2=O)c2ccccc21. The molecule has 0 spiro atoms. The summed E-state index contributed by atoms with van der Waals surface area (Å²) in [6, 6.07) is 7.82. The van der Waals surface area contributed by atoms with E-state index in [9.17, 15) is 14.4 Å². The summed E-state index contributed by atoms with van der Waals surface area (Å²) in [5, 5.41) is 0.507. The Bertz CT molecular complexity index is 958. The first kappa shape index (κ1) is 19.0. The van der Waals surface area contributed by atoms with E-state index >= 15 is 0 Å². The van der Waals surface area contributed by atoms with Crippen LogP contribution in [0.15, 0.2) is 48.0 Å². The van der Waals surface area contributed by atoms with Gasteiger partial charge in [0.15, 0.2) is 0 Å². The van der Waals surface area contributed by atoms with Crippen LogP contribution in [0.5, 0.6) is 0 Å². The van der Waals surface area contributed by atoms with Crippen molar-refractivity contribution in [3.05, 3.63) is 53.6 Å². The summed E-state index contributed by atoms with van der Waals surface area (Å²) < 4.78 is 7.05. The van der Waals surface area contributed by atoms with Crippen LogP contribution < -0.4 is 0 Å². The standard InChI is InChI=1S/C20H20N2O4S/c1-4-9-21-11-14(15-7-5-6-8-16(15)21)10-17-19(24)22(20(25)27-17)12-18(23)26-13(2)3/h4-8,10-11,13H,1,9,12H2,2-3H3/b17-10+. The van der Waals surface area contributed by atoms with Crippen molar-refractivity contribution in [2.45, 2.75) is 26.5 Å². The molecule has 0 atom stereocenters. The van der Waals surface area contributed by atoms with Crippen molar-refractivity contribution >= 4 is 45.9 Å². The van der Waals surface area contributed by atoms with Gasteiger partial charge >= 0.3 is 5.97 Å². The topological polar surface area (TPSA) is 68.6 Å². The number of imide groups is 1. The number of aromatic nitrogens is 1. The van der Waals surface area contributed by atoms with Gasteiger partial charge in [-0.25, -0.2) is 0 Å². The lowest BCUT2D eigenvalue weighted by molar-refractivity contribution is -0.149. The Labute approximate surface area is 161 Å². The number of carbonyl (C=O) groups excluding carboxylic acids is 3. The van der Waals surface area contributed by atoms with Crippen LogP contribution in [0.1, 0.15) is 19.4 Å². The number of benzene rings is 1. The largest absolute Gasteiger partial charge is 0.462 e. The molecule has 2 aromatic rings. The molecular formula is C20H20N2O4S. The predicted molar refractivity (Wildman–Crippen MR) is 106 cm³/mol. The van der Waals surface area contributed by atoms with Gasteiger partial charge in [0.2, 0.25) is 0 Å². The number of hydrogen-bond acceptors (Lipinski definition) is 5. The molecule has 27 heavy (non-hydrogen) atoms. The molecule has 3 rings (SSSR count). The highest BCUT2D eigenvalue weighted by atomic mass is 32.2. The molecule has 0 N–H and O–H groups in total. The minimum atomic E-state index is -0.601. The van der Waals surface area contributed by atoms with E-state index in [2.05, 4.69) is 6.58 Å². The van der Waals surface area contributed by atoms with Crippen LogP contribution >= 0.6 is 11.8 Å². The summed E-state index contributed by atoms with van der Waals surface area (Å²) in [5.41, 5.74) is 1.85. The molecule has 7 heteroatoms. The average molecular weight is 384 g/mol. The second-order valence-corrected chi connectivity index (χ2v) is 7.34. The van der Waals surface area contributed by atoms with Gasteiger partial charge in [0.1, 0.15) is 6.54 Å². The lowest BCUT2D eigenvalue weighted by Crippen LogP contribution is -2.35. The third-order valence-corrected chi connectivity index (χ3v) is 4.87. The van der Waals surface area contributed by atoms with Crippen molar-refractivity contribution in [1.29, 1.82) is 0 Å². The molecule has 1 aromatic heterocycles. The maximum absolute atomic E-state index is 12.6. The van der Waals surface area contributed by atoms with E-state index in [4.69, 9.17) is 4.74 Å². The fourth-order valence-corrected chi connectivity index (χ4v) is 3.72. The van der Waals surface area contributed by atoms with Gasteiger partial charge in [-0.2, -0.15) is 0 Å². The lowest BCUT2D eigenvalue weighted by Gasteiger charge is -2.13. The van der Waals surface area contributed by atoms with Crippen LogP contribution in [0, 0.1) is 0 Å². The summed E-state index contributed by atoms with van der Waals surface area (Å²) in [6.45, 7) is 7.45. The molecule has 0 radical (unpaired) electrons. The Hall–Kier alpha value is -2.80. The van der Waals surface area contributed by atoms with Crippen LogP contribution in [0.4, 0.5) is 4.79 Å². The molecule has 0 bridgehead atoms. The molecular weight excluding hydrogens is 364 g/mol. The maximum Gasteiger partial charge on any atom is 0.326 e. The number of fused-ring (bicyclic) bond motifs is 1. The number of carbonyl (C=O) groups is 3. The number of nitrogens with zero attached hydrogens (tertiary/aromatic N) is 2. The predicted octanol–water partition coefficient (Wildman–Crippen LogP) is 3.82. The Balaban J connectivity index is 1.89. The van der Waals surface area contributed by atoms with Crippen molar-refractivity contribution in [1.82, 2.24) is 9.47 Å². The fraction of sp³-hybridized carbons (Fsp3) is 0.250. The maximum atomic E-state index is 12.6. The quantitative estimate of drug-likeness (QED) is 0.430. The van der Waals surface area contributed by atoms with Crippen molar-refractivity contribution in [3.63, 3.8) is 0 Å². The molecule has 140 valence electrons. The van der Waals surface area contributed by atoms with E-state index in [-0.39, 0.29) is 12.6 Å². The average Bonchev–Trinajstić information content (AvgIpc) is 3.08. The zero-order valence-corrected chi connectivity index (χ0v) is 16.0. The Morgan fingerprint density at radius 3 is 2.74 bits per heavy atom. The molecule has 1 aromatic carbocycles. The zero-order chi connectivity index (χ0) is 19.6. The van der Waals surface area contributed by atoms with Crippen molar-refractivity contribution in [2.24, 2.45) is 0 Å². The first-order valence-electron chi connectivity index (χ1n) is 8.54. The molecule has 2 heterocycles. The number of thioether (sulfide) groups is 1. The first-order chi connectivity index (χ1) is 12.9. The molecule has 1 aliphatic heterocycles. The number of hydrogen-bond donors (Lipinski definition) is 0. The van der Waals surface area contributed by atoms with Gasteiger partial charge in [-0.3, -0.25) is 19.3 Å². The smallest absolute Gasteiger partial charge is 0.326 e. The van der Waals surface area contributed by atoms with E-state index in [0.29, 0.717) is 11.4 Å². The molecule has 1 aliphatic rings. The molecule has 1 saturated heterocycles. The highest BCUT2D eigenvalue weighted by Crippen LogP contribution is 2.34. The van der Waals surface area contributed by atoms with Crippen LogP contribution in [-0.4, -0.2) is 39.2 Å². The molecule has 6 nitrogen and oxygen atoms in total. The second kappa shape index (κ2) is 7.84. The third kappa shape index (κ3) is 3.98. The normalized spacial score (nSPS) is 16.0. The van der Waals surface area contributed by atoms with E-state index in [1.54, 1.807) is 26.0 Å². The molecule has 0 saturated carbocycles. The van der Waals surface area contributed by atoms with Gasteiger partial charge in [0.25, 0.3) is 11.1 Å². The number of rotatable bonds is 6. The van der Waals surface area contributed by atoms with E-state index < -0.39 is 17.1 Å². The number of para-hydroxylation sites is 1. The molecule has 1 fully saturated rings. The number of ether oxygens (including phenoxy) is 1. The summed E-state index contributed by atoms with van der Waals surface area (Å²) in [4.78, 5) is 37.8. The number of amides is 2. The van der Waals surface area contributed by atoms with Crippen molar-refractivity contribution < 1.29 is 19.1 Å². The zero-order valence-electron chi connectivity index (χ0n) is 15.2. The Kier molecular flexibility index (Phi) is 5.51. The minimum Gasteiger partial charge on any atom is -0.462 e. The monoisotopic (exact) mass is 384 g/mol. The van der Waals surface area contributed by atoms with E-state index in [1.807, 2.05) is 35.0 Å². The number of allylic oxidation sites excluding steroid dienone is 1. The summed E-state index contributed by atoms with van der Waals surface area (Å²) in [6.07, 6.45) is 5.11. The first-order valence-corrected chi connectivity index (χ1v) is 9.36. The van der Waals surface area contributed by atoms with E-state index in [0.717, 1.165) is 33.1 Å². The van der Waals surface area contributed by atoms with Crippen LogP contribution in [0.3, 0.4) is 0 Å². The third-order valence-electron chi connectivity index (χ3n) is 3.96. The highest BCUT2D eigenvalue weighted by molar-refractivity contribution is 8.18. The van der Waals surface area contributed by atoms with Gasteiger partial charge in [-0.1, -0.05) is 24.3 Å². The van der Waals surface area contributed by atoms with Crippen molar-refractivity contribution in [3.8, 4) is 0 Å². The Morgan fingerprint density at radius 2 is 2.04 bits per heavy atom. The van der Waals surface area contributed by atoms with Crippen molar-refractivity contribution in [2.75, 3.05) is 6.54 Å². The summed E-state index contributed by atoms with van der Waals surface area (Å²) in [5.74, 6) is -1.08. The van der Waals surface area contributed by atoms with Gasteiger partial charge in [0, 0.05) is 29.2 Å². The Morgan fingerprint density at radius 1 is 1.30 bits per heavy atom. The van der Waals surface area contributed by atoms with Crippen LogP contribution in [0.25, 0.3) is 17.0 Å². The second-order valence-electron chi connectivity index (χ2n) is 6.35. The molecule has 2 amide bonds. The van der Waals surface area contributed by atoms with Crippen LogP contribution in [0.2, 0.25) is 0 Å². The van der Waals surface area contributed by atoms with Gasteiger partial charge in [-0.15, -0.1) is 6.58 Å². The summed E-state index contributed by atoms with van der Waals surface area (Å²) in [7, 11) is 0. The van der Waals surface area contributed by atoms with Gasteiger partial charge < -0.3 is 9.30 Å². The highest BCUT2D eigenvalue weighted by Gasteiger charge is 2.37. The van der Waals surface area contributed by atoms with E-state index in [1.165, 1.54) is 0 Å². The summed E-state index contributed by atoms with van der Waals surface area (Å²) >= 11 is 0.830. The number of esters is 1. The molecule has 0 unspecified atom stereocenters. The van der Waals surface area contributed by atoms with Crippen LogP contribution in [-0.2, 0) is 20.9 Å². The lowest BCUT2D eigenvalue weighted by atomic mass is 10.1. The fourth-order valence-electron chi connectivity index (χ4n) is 2.89. The minimum absolute atomic E-state index is 0.291.